The predicted molar refractivity (Wildman–Crippen MR) is 94.4 cm³/mol. The van der Waals surface area contributed by atoms with E-state index in [-0.39, 0.29) is 42.8 Å². The molecule has 2 unspecified atom stereocenters. The molecule has 2 rings (SSSR count). The van der Waals surface area contributed by atoms with E-state index in [4.69, 9.17) is 4.74 Å². The molecule has 126 valence electrons. The highest BCUT2D eigenvalue weighted by molar-refractivity contribution is 5.85. The molecule has 1 aliphatic rings. The summed E-state index contributed by atoms with van der Waals surface area (Å²) < 4.78 is 5.29. The third-order valence-electron chi connectivity index (χ3n) is 3.63. The van der Waals surface area contributed by atoms with E-state index in [1.807, 2.05) is 25.2 Å². The Morgan fingerprint density at radius 2 is 2.09 bits per heavy atom. The summed E-state index contributed by atoms with van der Waals surface area (Å²) in [5, 5.41) is 6.13. The van der Waals surface area contributed by atoms with Crippen LogP contribution in [-0.4, -0.2) is 51.3 Å². The van der Waals surface area contributed by atoms with Crippen molar-refractivity contribution in [3.05, 3.63) is 30.3 Å². The first kappa shape index (κ1) is 21.0. The number of halogens is 2. The van der Waals surface area contributed by atoms with Crippen molar-refractivity contribution in [3.8, 4) is 0 Å². The van der Waals surface area contributed by atoms with Crippen molar-refractivity contribution in [2.24, 2.45) is 0 Å². The third kappa shape index (κ3) is 6.01. The van der Waals surface area contributed by atoms with Gasteiger partial charge in [0.05, 0.1) is 13.2 Å². The van der Waals surface area contributed by atoms with Crippen molar-refractivity contribution in [1.29, 1.82) is 0 Å². The number of hydrogen-bond acceptors (Lipinski definition) is 4. The van der Waals surface area contributed by atoms with Crippen LogP contribution in [0.15, 0.2) is 30.3 Å². The van der Waals surface area contributed by atoms with Gasteiger partial charge in [0.2, 0.25) is 5.91 Å². The van der Waals surface area contributed by atoms with Crippen LogP contribution in [0.2, 0.25) is 0 Å². The fourth-order valence-electron chi connectivity index (χ4n) is 2.16. The Morgan fingerprint density at radius 1 is 1.41 bits per heavy atom. The van der Waals surface area contributed by atoms with Crippen LogP contribution < -0.4 is 15.5 Å². The number of ether oxygens (including phenoxy) is 1. The molecular weight excluding hydrogens is 325 g/mol. The van der Waals surface area contributed by atoms with E-state index in [0.29, 0.717) is 19.8 Å². The number of hydrogen-bond donors (Lipinski definition) is 2. The van der Waals surface area contributed by atoms with Crippen LogP contribution in [-0.2, 0) is 9.53 Å². The van der Waals surface area contributed by atoms with Crippen molar-refractivity contribution in [2.45, 2.75) is 19.0 Å². The van der Waals surface area contributed by atoms with Crippen LogP contribution >= 0.6 is 24.8 Å². The molecule has 1 saturated heterocycles. The highest BCUT2D eigenvalue weighted by Crippen LogP contribution is 2.13. The lowest BCUT2D eigenvalue weighted by Crippen LogP contribution is -2.53. The predicted octanol–water partition coefficient (Wildman–Crippen LogP) is 1.46. The third-order valence-corrected chi connectivity index (χ3v) is 3.63. The van der Waals surface area contributed by atoms with E-state index >= 15 is 0 Å². The summed E-state index contributed by atoms with van der Waals surface area (Å²) in [7, 11) is 2.04. The van der Waals surface area contributed by atoms with Crippen LogP contribution in [0.3, 0.4) is 0 Å². The maximum Gasteiger partial charge on any atom is 0.239 e. The molecule has 7 heteroatoms. The topological polar surface area (TPSA) is 53.6 Å². The zero-order valence-corrected chi connectivity index (χ0v) is 14.6. The quantitative estimate of drug-likeness (QED) is 0.844. The first-order valence-corrected chi connectivity index (χ1v) is 7.05. The summed E-state index contributed by atoms with van der Waals surface area (Å²) in [6.07, 6.45) is 0. The second-order valence-corrected chi connectivity index (χ2v) is 5.12. The van der Waals surface area contributed by atoms with Crippen molar-refractivity contribution in [1.82, 2.24) is 10.6 Å². The Balaban J connectivity index is 0.00000220. The Morgan fingerprint density at radius 3 is 2.68 bits per heavy atom. The van der Waals surface area contributed by atoms with E-state index in [0.717, 1.165) is 12.2 Å². The van der Waals surface area contributed by atoms with E-state index < -0.39 is 0 Å². The second kappa shape index (κ2) is 10.7. The number of anilines is 1. The molecule has 1 aromatic rings. The Kier molecular flexibility index (Phi) is 10.2. The summed E-state index contributed by atoms with van der Waals surface area (Å²) in [6.45, 7) is 4.57. The number of benzene rings is 1. The molecule has 2 N–H and O–H groups in total. The number of carbonyl (C=O) groups excluding carboxylic acids is 1. The van der Waals surface area contributed by atoms with E-state index in [9.17, 15) is 4.79 Å². The number of carbonyl (C=O) groups is 1. The van der Waals surface area contributed by atoms with E-state index in [1.165, 1.54) is 0 Å². The standard InChI is InChI=1S/C15H23N3O2.2ClH/c1-12(18(2)13-6-4-3-5-7-13)10-17-15(19)14-11-20-9-8-16-14;;/h3-7,12,14,16H,8-11H2,1-2H3,(H,17,19);2*1H. The van der Waals surface area contributed by atoms with Crippen LogP contribution in [0.5, 0.6) is 0 Å². The molecule has 0 radical (unpaired) electrons. The Labute approximate surface area is 144 Å². The molecule has 0 saturated carbocycles. The maximum absolute atomic E-state index is 12.0. The lowest BCUT2D eigenvalue weighted by molar-refractivity contribution is -0.125. The molecule has 1 heterocycles. The molecule has 0 spiro atoms. The molecule has 2 atom stereocenters. The highest BCUT2D eigenvalue weighted by atomic mass is 35.5. The maximum atomic E-state index is 12.0. The summed E-state index contributed by atoms with van der Waals surface area (Å²) in [4.78, 5) is 14.1. The minimum absolute atomic E-state index is 0. The molecule has 0 bridgehead atoms. The van der Waals surface area contributed by atoms with Gasteiger partial charge in [-0.1, -0.05) is 18.2 Å². The number of nitrogens with zero attached hydrogens (tertiary/aromatic N) is 1. The average Bonchev–Trinajstić information content (AvgIpc) is 2.53. The van der Waals surface area contributed by atoms with Gasteiger partial charge in [-0.05, 0) is 19.1 Å². The molecule has 1 fully saturated rings. The summed E-state index contributed by atoms with van der Waals surface area (Å²) >= 11 is 0. The molecule has 1 amide bonds. The molecule has 22 heavy (non-hydrogen) atoms. The van der Waals surface area contributed by atoms with Crippen molar-refractivity contribution >= 4 is 36.4 Å². The molecule has 5 nitrogen and oxygen atoms in total. The smallest absolute Gasteiger partial charge is 0.239 e. The van der Waals surface area contributed by atoms with Gasteiger partial charge in [-0.3, -0.25) is 4.79 Å². The van der Waals surface area contributed by atoms with Crippen LogP contribution in [0, 0.1) is 0 Å². The summed E-state index contributed by atoms with van der Waals surface area (Å²) in [5.41, 5.74) is 1.15. The Bertz CT molecular complexity index is 428. The SMILES string of the molecule is CC(CNC(=O)C1COCCN1)N(C)c1ccccc1.Cl.Cl. The van der Waals surface area contributed by atoms with Gasteiger partial charge in [0.25, 0.3) is 0 Å². The zero-order valence-electron chi connectivity index (χ0n) is 13.0. The fourth-order valence-corrected chi connectivity index (χ4v) is 2.16. The molecule has 1 aromatic carbocycles. The van der Waals surface area contributed by atoms with Crippen molar-refractivity contribution < 1.29 is 9.53 Å². The van der Waals surface area contributed by atoms with Gasteiger partial charge < -0.3 is 20.3 Å². The van der Waals surface area contributed by atoms with Gasteiger partial charge in [0.15, 0.2) is 0 Å². The normalized spacial score (nSPS) is 18.4. The van der Waals surface area contributed by atoms with Crippen LogP contribution in [0.4, 0.5) is 5.69 Å². The molecule has 1 aliphatic heterocycles. The van der Waals surface area contributed by atoms with Crippen LogP contribution in [0.25, 0.3) is 0 Å². The van der Waals surface area contributed by atoms with Crippen LogP contribution in [0.1, 0.15) is 6.92 Å². The number of amides is 1. The van der Waals surface area contributed by atoms with Gasteiger partial charge in [0.1, 0.15) is 6.04 Å². The minimum atomic E-state index is -0.224. The van der Waals surface area contributed by atoms with Gasteiger partial charge in [-0.25, -0.2) is 0 Å². The number of para-hydroxylation sites is 1. The van der Waals surface area contributed by atoms with Gasteiger partial charge >= 0.3 is 0 Å². The lowest BCUT2D eigenvalue weighted by Gasteiger charge is -2.28. The van der Waals surface area contributed by atoms with Gasteiger partial charge in [-0.2, -0.15) is 0 Å². The highest BCUT2D eigenvalue weighted by Gasteiger charge is 2.21. The molecular formula is C15H25Cl2N3O2. The monoisotopic (exact) mass is 349 g/mol. The fraction of sp³-hybridized carbons (Fsp3) is 0.533. The zero-order chi connectivity index (χ0) is 14.4. The number of morpholine rings is 1. The minimum Gasteiger partial charge on any atom is -0.378 e. The van der Waals surface area contributed by atoms with Gasteiger partial charge in [-0.15, -0.1) is 24.8 Å². The second-order valence-electron chi connectivity index (χ2n) is 5.12. The van der Waals surface area contributed by atoms with E-state index in [2.05, 4.69) is 34.6 Å². The average molecular weight is 350 g/mol. The first-order chi connectivity index (χ1) is 9.68. The van der Waals surface area contributed by atoms with Crippen molar-refractivity contribution in [3.63, 3.8) is 0 Å². The van der Waals surface area contributed by atoms with E-state index in [1.54, 1.807) is 0 Å². The lowest BCUT2D eigenvalue weighted by atomic mass is 10.2. The molecule has 0 aromatic heterocycles. The largest absolute Gasteiger partial charge is 0.378 e. The molecule has 0 aliphatic carbocycles. The number of likely N-dealkylation sites (N-methyl/N-ethyl adjacent to an activating group) is 1. The summed E-state index contributed by atoms with van der Waals surface area (Å²) in [5.74, 6) is 0.0120. The number of rotatable bonds is 5. The number of nitrogens with one attached hydrogen (secondary N) is 2. The first-order valence-electron chi connectivity index (χ1n) is 7.05. The summed E-state index contributed by atoms with van der Waals surface area (Å²) in [6, 6.07) is 10.2. The van der Waals surface area contributed by atoms with Gasteiger partial charge in [0, 0.05) is 31.9 Å². The Hall–Kier alpha value is -1.01. The van der Waals surface area contributed by atoms with Crippen molar-refractivity contribution in [2.75, 3.05) is 38.3 Å².